The van der Waals surface area contributed by atoms with Gasteiger partial charge in [0.1, 0.15) is 12.7 Å². The third-order valence-electron chi connectivity index (χ3n) is 7.41. The van der Waals surface area contributed by atoms with Crippen molar-refractivity contribution in [3.05, 3.63) is 83.5 Å². The normalized spacial score (nSPS) is 15.5. The standard InChI is InChI=1S/C17H18F3N5O.C16H16F3N5O/c1-11-5-13(7-14(6-11)17(18,19)20)16-21-10-24(23-16)4-3-15(26)22-25-8-12(2)9-25;1-10-6-11(8-12(7-10)16(17,18)19)15-20-9-24(23-15)5-4-14(25)22-21-13-2-3-13/h3-7,10,12H,8-9H2,1-2H3,(H,22,26);4-9,13,21H,2-3H2,1H3,(H,22,25)/b4-3-;5-4-. The van der Waals surface area contributed by atoms with Gasteiger partial charge in [0.15, 0.2) is 11.6 Å². The Hall–Kier alpha value is -5.36. The predicted molar refractivity (Wildman–Crippen MR) is 174 cm³/mol. The van der Waals surface area contributed by atoms with Crippen molar-refractivity contribution in [3.8, 4) is 22.8 Å². The van der Waals surface area contributed by atoms with Crippen molar-refractivity contribution < 1.29 is 35.9 Å². The summed E-state index contributed by atoms with van der Waals surface area (Å²) in [6, 6.07) is 7.64. The Morgan fingerprint density at radius 1 is 0.745 bits per heavy atom. The summed E-state index contributed by atoms with van der Waals surface area (Å²) in [4.78, 5) is 31.4. The number of benzene rings is 2. The molecule has 4 aromatic rings. The number of rotatable bonds is 9. The minimum absolute atomic E-state index is 0.148. The zero-order valence-electron chi connectivity index (χ0n) is 27.6. The first-order valence-electron chi connectivity index (χ1n) is 15.7. The fraction of sp³-hybridized carbons (Fsp3) is 0.333. The van der Waals surface area contributed by atoms with E-state index in [4.69, 9.17) is 0 Å². The van der Waals surface area contributed by atoms with Crippen LogP contribution >= 0.6 is 0 Å². The third-order valence-corrected chi connectivity index (χ3v) is 7.41. The average molecular weight is 717 g/mol. The molecule has 2 aliphatic rings. The van der Waals surface area contributed by atoms with E-state index in [0.29, 0.717) is 23.1 Å². The summed E-state index contributed by atoms with van der Waals surface area (Å²) in [7, 11) is 0. The van der Waals surface area contributed by atoms with Crippen LogP contribution in [0.4, 0.5) is 26.3 Å². The molecule has 1 saturated carbocycles. The number of halogens is 6. The van der Waals surface area contributed by atoms with Gasteiger partial charge in [-0.2, -0.15) is 26.3 Å². The Labute approximate surface area is 288 Å². The number of alkyl halides is 6. The smallest absolute Gasteiger partial charge is 0.288 e. The molecule has 0 radical (unpaired) electrons. The monoisotopic (exact) mass is 716 g/mol. The second kappa shape index (κ2) is 15.3. The molecule has 1 saturated heterocycles. The lowest BCUT2D eigenvalue weighted by molar-refractivity contribution is -0.138. The molecule has 270 valence electrons. The molecule has 12 nitrogen and oxygen atoms in total. The van der Waals surface area contributed by atoms with Crippen molar-refractivity contribution in [1.82, 2.24) is 50.8 Å². The molecule has 3 N–H and O–H groups in total. The fourth-order valence-electron chi connectivity index (χ4n) is 4.82. The van der Waals surface area contributed by atoms with E-state index in [1.807, 2.05) is 0 Å². The van der Waals surface area contributed by atoms with Crippen molar-refractivity contribution in [3.63, 3.8) is 0 Å². The molecule has 0 bridgehead atoms. The Morgan fingerprint density at radius 2 is 1.22 bits per heavy atom. The molecule has 0 atom stereocenters. The van der Waals surface area contributed by atoms with Gasteiger partial charge in [-0.1, -0.05) is 6.92 Å². The van der Waals surface area contributed by atoms with Gasteiger partial charge in [0.05, 0.1) is 11.1 Å². The Balaban J connectivity index is 0.000000198. The summed E-state index contributed by atoms with van der Waals surface area (Å²) in [6.07, 6.45) is 1.18. The van der Waals surface area contributed by atoms with Crippen LogP contribution in [0.15, 0.2) is 61.2 Å². The van der Waals surface area contributed by atoms with Crippen LogP contribution in [0.1, 0.15) is 42.0 Å². The summed E-state index contributed by atoms with van der Waals surface area (Å²) < 4.78 is 80.1. The minimum Gasteiger partial charge on any atom is -0.288 e. The summed E-state index contributed by atoms with van der Waals surface area (Å²) in [5.74, 6) is 0.215. The second-order valence-electron chi connectivity index (χ2n) is 12.3. The van der Waals surface area contributed by atoms with Gasteiger partial charge in [-0.3, -0.25) is 20.4 Å². The largest absolute Gasteiger partial charge is 0.416 e. The number of nitrogens with zero attached hydrogens (tertiary/aromatic N) is 7. The quantitative estimate of drug-likeness (QED) is 0.122. The summed E-state index contributed by atoms with van der Waals surface area (Å²) >= 11 is 0. The first-order chi connectivity index (χ1) is 24.0. The Morgan fingerprint density at radius 3 is 1.65 bits per heavy atom. The molecular weight excluding hydrogens is 682 g/mol. The summed E-state index contributed by atoms with van der Waals surface area (Å²) in [5, 5.41) is 9.98. The first kappa shape index (κ1) is 36.9. The number of carbonyl (C=O) groups excluding carboxylic acids is 2. The molecule has 2 aromatic heterocycles. The van der Waals surface area contributed by atoms with Crippen molar-refractivity contribution in [2.24, 2.45) is 5.92 Å². The molecule has 1 aliphatic heterocycles. The molecule has 6 rings (SSSR count). The molecule has 2 fully saturated rings. The number of hydrogen-bond donors (Lipinski definition) is 3. The lowest BCUT2D eigenvalue weighted by Crippen LogP contribution is -2.54. The number of carbonyl (C=O) groups is 2. The van der Waals surface area contributed by atoms with Gasteiger partial charge in [0, 0.05) is 54.8 Å². The van der Waals surface area contributed by atoms with E-state index in [9.17, 15) is 35.9 Å². The lowest BCUT2D eigenvalue weighted by atomic mass is 10.1. The van der Waals surface area contributed by atoms with Crippen molar-refractivity contribution in [2.45, 2.75) is 52.0 Å². The number of nitrogens with one attached hydrogen (secondary N) is 3. The third kappa shape index (κ3) is 10.8. The molecule has 51 heavy (non-hydrogen) atoms. The molecule has 3 heterocycles. The van der Waals surface area contributed by atoms with Gasteiger partial charge in [-0.25, -0.2) is 29.8 Å². The maximum atomic E-state index is 12.9. The molecule has 0 spiro atoms. The predicted octanol–water partition coefficient (Wildman–Crippen LogP) is 5.25. The molecule has 18 heteroatoms. The van der Waals surface area contributed by atoms with Crippen LogP contribution in [-0.2, 0) is 21.9 Å². The number of amides is 2. The van der Waals surface area contributed by atoms with Crippen LogP contribution in [0, 0.1) is 19.8 Å². The highest BCUT2D eigenvalue weighted by Gasteiger charge is 2.32. The fourth-order valence-corrected chi connectivity index (χ4v) is 4.82. The van der Waals surface area contributed by atoms with Gasteiger partial charge in [0.2, 0.25) is 0 Å². The highest BCUT2D eigenvalue weighted by Crippen LogP contribution is 2.33. The van der Waals surface area contributed by atoms with Crippen molar-refractivity contribution in [2.75, 3.05) is 13.1 Å². The number of hydrogen-bond acceptors (Lipinski definition) is 8. The lowest BCUT2D eigenvalue weighted by Gasteiger charge is -2.36. The first-order valence-corrected chi connectivity index (χ1v) is 15.7. The number of aromatic nitrogens is 6. The molecule has 0 unspecified atom stereocenters. The highest BCUT2D eigenvalue weighted by atomic mass is 19.4. The zero-order chi connectivity index (χ0) is 36.9. The molecular formula is C33H34F6N10O2. The van der Waals surface area contributed by atoms with Crippen LogP contribution in [0.5, 0.6) is 0 Å². The van der Waals surface area contributed by atoms with E-state index in [2.05, 4.69) is 43.4 Å². The summed E-state index contributed by atoms with van der Waals surface area (Å²) in [6.45, 7) is 6.86. The van der Waals surface area contributed by atoms with Crippen LogP contribution < -0.4 is 16.3 Å². The molecule has 1 aliphatic carbocycles. The maximum Gasteiger partial charge on any atom is 0.416 e. The van der Waals surface area contributed by atoms with Gasteiger partial charge >= 0.3 is 12.4 Å². The van der Waals surface area contributed by atoms with Crippen LogP contribution in [-0.4, -0.2) is 65.5 Å². The molecule has 2 aromatic carbocycles. The average Bonchev–Trinajstić information content (AvgIpc) is 3.53. The van der Waals surface area contributed by atoms with Gasteiger partial charge in [-0.05, 0) is 80.1 Å². The van der Waals surface area contributed by atoms with Gasteiger partial charge in [0.25, 0.3) is 11.8 Å². The van der Waals surface area contributed by atoms with E-state index in [1.165, 1.54) is 46.6 Å². The van der Waals surface area contributed by atoms with Crippen LogP contribution in [0.25, 0.3) is 35.2 Å². The highest BCUT2D eigenvalue weighted by molar-refractivity contribution is 5.90. The van der Waals surface area contributed by atoms with Gasteiger partial charge in [-0.15, -0.1) is 10.2 Å². The van der Waals surface area contributed by atoms with Gasteiger partial charge < -0.3 is 0 Å². The van der Waals surface area contributed by atoms with Crippen LogP contribution in [0.2, 0.25) is 0 Å². The Bertz CT molecular complexity index is 1920. The minimum atomic E-state index is -4.43. The number of aryl methyl sites for hydroxylation is 2. The van der Waals surface area contributed by atoms with E-state index in [0.717, 1.165) is 50.2 Å². The maximum absolute atomic E-state index is 12.9. The van der Waals surface area contributed by atoms with Crippen molar-refractivity contribution in [1.29, 1.82) is 0 Å². The van der Waals surface area contributed by atoms with E-state index in [-0.39, 0.29) is 34.6 Å². The van der Waals surface area contributed by atoms with E-state index >= 15 is 0 Å². The van der Waals surface area contributed by atoms with Crippen LogP contribution in [0.3, 0.4) is 0 Å². The SMILES string of the molecule is Cc1cc(-c2ncn(/C=C\C(=O)NN3CC(C)C3)n2)cc(C(F)(F)F)c1.Cc1cc(-c2ncn(/C=C\C(=O)NNC3CC3)n2)cc(C(F)(F)F)c1. The summed E-state index contributed by atoms with van der Waals surface area (Å²) in [5.41, 5.74) is 8.03. The van der Waals surface area contributed by atoms with E-state index in [1.54, 1.807) is 31.0 Å². The van der Waals surface area contributed by atoms with E-state index < -0.39 is 23.5 Å². The number of hydrazine groups is 2. The molecule has 2 amide bonds. The topological polar surface area (TPSA) is 135 Å². The van der Waals surface area contributed by atoms with Crippen molar-refractivity contribution >= 4 is 24.2 Å². The zero-order valence-corrected chi connectivity index (χ0v) is 27.6. The second-order valence-corrected chi connectivity index (χ2v) is 12.3. The Kier molecular flexibility index (Phi) is 11.0.